The van der Waals surface area contributed by atoms with Gasteiger partial charge in [0.2, 0.25) is 0 Å². The molecule has 6 heteroatoms. The van der Waals surface area contributed by atoms with Crippen molar-refractivity contribution in [2.24, 2.45) is 5.10 Å². The van der Waals surface area contributed by atoms with E-state index in [0.29, 0.717) is 12.3 Å². The quantitative estimate of drug-likeness (QED) is 0.627. The Morgan fingerprint density at radius 1 is 1.12 bits per heavy atom. The molecule has 0 aliphatic heterocycles. The molecule has 0 saturated carbocycles. The van der Waals surface area contributed by atoms with Crippen molar-refractivity contribution in [1.82, 2.24) is 5.43 Å². The Bertz CT molecular complexity index is 714. The van der Waals surface area contributed by atoms with Crippen LogP contribution in [0.15, 0.2) is 53.6 Å². The van der Waals surface area contributed by atoms with Crippen LogP contribution in [-0.2, 0) is 4.79 Å². The number of benzene rings is 2. The van der Waals surface area contributed by atoms with Gasteiger partial charge in [0.15, 0.2) is 6.61 Å². The molecule has 0 radical (unpaired) electrons. The van der Waals surface area contributed by atoms with Gasteiger partial charge in [-0.3, -0.25) is 4.79 Å². The van der Waals surface area contributed by atoms with Crippen LogP contribution in [-0.4, -0.2) is 24.8 Å². The van der Waals surface area contributed by atoms with Gasteiger partial charge < -0.3 is 9.47 Å². The molecule has 0 heterocycles. The van der Waals surface area contributed by atoms with Crippen LogP contribution < -0.4 is 14.9 Å². The second-order valence-corrected chi connectivity index (χ2v) is 4.94. The van der Waals surface area contributed by atoms with Crippen molar-refractivity contribution in [3.8, 4) is 11.5 Å². The van der Waals surface area contributed by atoms with Gasteiger partial charge in [-0.25, -0.2) is 9.82 Å². The van der Waals surface area contributed by atoms with E-state index in [1.807, 2.05) is 31.2 Å². The summed E-state index contributed by atoms with van der Waals surface area (Å²) < 4.78 is 23.6. The highest BCUT2D eigenvalue weighted by molar-refractivity contribution is 5.99. The maximum atomic E-state index is 13.0. The topological polar surface area (TPSA) is 59.9 Å². The predicted octanol–water partition coefficient (Wildman–Crippen LogP) is 3.14. The molecule has 0 aliphatic carbocycles. The molecule has 2 aromatic carbocycles. The van der Waals surface area contributed by atoms with Gasteiger partial charge in [-0.1, -0.05) is 6.07 Å². The number of nitrogens with zero attached hydrogens (tertiary/aromatic N) is 1. The van der Waals surface area contributed by atoms with Crippen LogP contribution in [0, 0.1) is 5.82 Å². The van der Waals surface area contributed by atoms with Gasteiger partial charge in [0.05, 0.1) is 12.3 Å². The van der Waals surface area contributed by atoms with Crippen molar-refractivity contribution in [1.29, 1.82) is 0 Å². The van der Waals surface area contributed by atoms with Crippen LogP contribution in [0.3, 0.4) is 0 Å². The highest BCUT2D eigenvalue weighted by atomic mass is 19.1. The summed E-state index contributed by atoms with van der Waals surface area (Å²) in [5, 5.41) is 4.02. The first-order valence-electron chi connectivity index (χ1n) is 7.53. The molecule has 2 aromatic rings. The van der Waals surface area contributed by atoms with Crippen LogP contribution in [0.4, 0.5) is 4.39 Å². The standard InChI is InChI=1S/C18H19FN2O3/c1-3-23-16-9-7-14(8-10-16)13(2)20-21-18(22)12-24-17-6-4-5-15(19)11-17/h4-11H,3,12H2,1-2H3,(H,21,22)/b20-13-. The third kappa shape index (κ3) is 5.39. The van der Waals surface area contributed by atoms with Gasteiger partial charge >= 0.3 is 0 Å². The second kappa shape index (κ2) is 8.67. The average molecular weight is 330 g/mol. The summed E-state index contributed by atoms with van der Waals surface area (Å²) in [5.41, 5.74) is 3.92. The molecule has 0 aromatic heterocycles. The third-order valence-corrected chi connectivity index (χ3v) is 3.10. The van der Waals surface area contributed by atoms with E-state index in [9.17, 15) is 9.18 Å². The molecule has 0 spiro atoms. The summed E-state index contributed by atoms with van der Waals surface area (Å²) in [4.78, 5) is 11.7. The Morgan fingerprint density at radius 3 is 2.54 bits per heavy atom. The Labute approximate surface area is 140 Å². The van der Waals surface area contributed by atoms with E-state index in [1.165, 1.54) is 18.2 Å². The number of carbonyl (C=O) groups is 1. The summed E-state index contributed by atoms with van der Waals surface area (Å²) >= 11 is 0. The Hall–Kier alpha value is -2.89. The molecule has 1 N–H and O–H groups in total. The van der Waals surface area contributed by atoms with Crippen LogP contribution in [0.5, 0.6) is 11.5 Å². The third-order valence-electron chi connectivity index (χ3n) is 3.10. The number of carbonyl (C=O) groups excluding carboxylic acids is 1. The largest absolute Gasteiger partial charge is 0.494 e. The number of rotatable bonds is 7. The minimum atomic E-state index is -0.426. The zero-order valence-corrected chi connectivity index (χ0v) is 13.6. The van der Waals surface area contributed by atoms with E-state index in [4.69, 9.17) is 9.47 Å². The lowest BCUT2D eigenvalue weighted by Gasteiger charge is -2.07. The zero-order chi connectivity index (χ0) is 17.4. The predicted molar refractivity (Wildman–Crippen MR) is 89.9 cm³/mol. The van der Waals surface area contributed by atoms with E-state index in [-0.39, 0.29) is 12.4 Å². The van der Waals surface area contributed by atoms with E-state index in [0.717, 1.165) is 11.3 Å². The van der Waals surface area contributed by atoms with Crippen molar-refractivity contribution in [2.75, 3.05) is 13.2 Å². The lowest BCUT2D eigenvalue weighted by Crippen LogP contribution is -2.25. The monoisotopic (exact) mass is 330 g/mol. The molecular weight excluding hydrogens is 311 g/mol. The summed E-state index contributed by atoms with van der Waals surface area (Å²) in [6.07, 6.45) is 0. The number of hydrazone groups is 1. The van der Waals surface area contributed by atoms with Crippen LogP contribution >= 0.6 is 0 Å². The van der Waals surface area contributed by atoms with Crippen molar-refractivity contribution >= 4 is 11.6 Å². The number of amides is 1. The van der Waals surface area contributed by atoms with Gasteiger partial charge in [0.1, 0.15) is 17.3 Å². The second-order valence-electron chi connectivity index (χ2n) is 4.94. The van der Waals surface area contributed by atoms with Gasteiger partial charge in [-0.05, 0) is 55.8 Å². The summed E-state index contributed by atoms with van der Waals surface area (Å²) in [7, 11) is 0. The maximum absolute atomic E-state index is 13.0. The maximum Gasteiger partial charge on any atom is 0.277 e. The summed E-state index contributed by atoms with van der Waals surface area (Å²) in [6, 6.07) is 13.0. The van der Waals surface area contributed by atoms with Crippen molar-refractivity contribution in [2.45, 2.75) is 13.8 Å². The molecule has 0 aliphatic rings. The van der Waals surface area contributed by atoms with Crippen LogP contribution in [0.25, 0.3) is 0 Å². The van der Waals surface area contributed by atoms with Crippen molar-refractivity contribution in [3.63, 3.8) is 0 Å². The first kappa shape index (κ1) is 17.5. The molecule has 0 saturated heterocycles. The highest BCUT2D eigenvalue weighted by Gasteiger charge is 2.04. The van der Waals surface area contributed by atoms with Crippen LogP contribution in [0.2, 0.25) is 0 Å². The molecule has 0 fully saturated rings. The molecular formula is C18H19FN2O3. The number of hydrogen-bond donors (Lipinski definition) is 1. The molecule has 2 rings (SSSR count). The molecule has 1 amide bonds. The number of ether oxygens (including phenoxy) is 2. The lowest BCUT2D eigenvalue weighted by molar-refractivity contribution is -0.123. The van der Waals surface area contributed by atoms with E-state index < -0.39 is 11.7 Å². The Balaban J connectivity index is 1.85. The molecule has 0 bridgehead atoms. The van der Waals surface area contributed by atoms with Gasteiger partial charge in [0, 0.05) is 6.07 Å². The minimum Gasteiger partial charge on any atom is -0.494 e. The van der Waals surface area contributed by atoms with Crippen molar-refractivity contribution in [3.05, 3.63) is 59.9 Å². The Morgan fingerprint density at radius 2 is 1.88 bits per heavy atom. The van der Waals surface area contributed by atoms with Gasteiger partial charge in [-0.2, -0.15) is 5.10 Å². The molecule has 0 atom stereocenters. The lowest BCUT2D eigenvalue weighted by atomic mass is 10.1. The van der Waals surface area contributed by atoms with E-state index in [2.05, 4.69) is 10.5 Å². The number of halogens is 1. The number of hydrogen-bond acceptors (Lipinski definition) is 4. The fraction of sp³-hybridized carbons (Fsp3) is 0.222. The summed E-state index contributed by atoms with van der Waals surface area (Å²) in [5.74, 6) is 0.223. The summed E-state index contributed by atoms with van der Waals surface area (Å²) in [6.45, 7) is 4.06. The zero-order valence-electron chi connectivity index (χ0n) is 13.6. The van der Waals surface area contributed by atoms with Crippen molar-refractivity contribution < 1.29 is 18.7 Å². The molecule has 24 heavy (non-hydrogen) atoms. The smallest absolute Gasteiger partial charge is 0.277 e. The first-order chi connectivity index (χ1) is 11.6. The molecule has 0 unspecified atom stereocenters. The van der Waals surface area contributed by atoms with E-state index in [1.54, 1.807) is 13.0 Å². The van der Waals surface area contributed by atoms with Gasteiger partial charge in [-0.15, -0.1) is 0 Å². The molecule has 5 nitrogen and oxygen atoms in total. The Kier molecular flexibility index (Phi) is 6.31. The normalized spacial score (nSPS) is 11.0. The van der Waals surface area contributed by atoms with Crippen LogP contribution in [0.1, 0.15) is 19.4 Å². The number of nitrogens with one attached hydrogen (secondary N) is 1. The van der Waals surface area contributed by atoms with Gasteiger partial charge in [0.25, 0.3) is 5.91 Å². The minimum absolute atomic E-state index is 0.247. The highest BCUT2D eigenvalue weighted by Crippen LogP contribution is 2.13. The first-order valence-corrected chi connectivity index (χ1v) is 7.53. The average Bonchev–Trinajstić information content (AvgIpc) is 2.59. The fourth-order valence-corrected chi connectivity index (χ4v) is 1.91. The molecule has 126 valence electrons. The fourth-order valence-electron chi connectivity index (χ4n) is 1.91. The van der Waals surface area contributed by atoms with E-state index >= 15 is 0 Å². The SMILES string of the molecule is CCOc1ccc(/C(C)=N\NC(=O)COc2cccc(F)c2)cc1.